The van der Waals surface area contributed by atoms with Crippen LogP contribution in [-0.4, -0.2) is 38.6 Å². The molecule has 35 heavy (non-hydrogen) atoms. The van der Waals surface area contributed by atoms with E-state index in [-0.39, 0.29) is 18.5 Å². The molecule has 0 radical (unpaired) electrons. The van der Waals surface area contributed by atoms with Crippen LogP contribution in [0.5, 0.6) is 0 Å². The van der Waals surface area contributed by atoms with E-state index in [1.807, 2.05) is 42.5 Å². The number of hydrogen-bond acceptors (Lipinski definition) is 5. The monoisotopic (exact) mass is 479 g/mol. The summed E-state index contributed by atoms with van der Waals surface area (Å²) in [7, 11) is 0. The molecule has 1 atom stereocenters. The second-order valence-corrected chi connectivity index (χ2v) is 8.10. The third-order valence-electron chi connectivity index (χ3n) is 5.61. The first-order chi connectivity index (χ1) is 16.9. The van der Waals surface area contributed by atoms with E-state index < -0.39 is 29.5 Å². The lowest BCUT2D eigenvalue weighted by Gasteiger charge is -2.16. The number of nitrogens with one attached hydrogen (secondary N) is 2. The first-order valence-corrected chi connectivity index (χ1v) is 11.0. The number of hydroxylamine groups is 1. The Morgan fingerprint density at radius 2 is 1.80 bits per heavy atom. The number of nitrogens with zero attached hydrogens (tertiary/aromatic N) is 3. The summed E-state index contributed by atoms with van der Waals surface area (Å²) in [4.78, 5) is 24.1. The third kappa shape index (κ3) is 6.04. The van der Waals surface area contributed by atoms with E-state index in [0.29, 0.717) is 18.5 Å². The smallest absolute Gasteiger partial charge is 0.251 e. The van der Waals surface area contributed by atoms with Crippen molar-refractivity contribution in [1.29, 1.82) is 0 Å². The van der Waals surface area contributed by atoms with Crippen molar-refractivity contribution in [2.24, 2.45) is 0 Å². The van der Waals surface area contributed by atoms with Gasteiger partial charge in [-0.05, 0) is 41.0 Å². The van der Waals surface area contributed by atoms with E-state index in [9.17, 15) is 18.4 Å². The third-order valence-corrected chi connectivity index (χ3v) is 5.61. The van der Waals surface area contributed by atoms with Crippen LogP contribution in [0.2, 0.25) is 0 Å². The highest BCUT2D eigenvalue weighted by Gasteiger charge is 2.19. The maximum absolute atomic E-state index is 13.3. The lowest BCUT2D eigenvalue weighted by atomic mass is 10.00. The summed E-state index contributed by atoms with van der Waals surface area (Å²) in [5, 5.41) is 22.1. The van der Waals surface area contributed by atoms with Crippen LogP contribution in [0, 0.1) is 11.6 Å². The van der Waals surface area contributed by atoms with Gasteiger partial charge >= 0.3 is 0 Å². The van der Waals surface area contributed by atoms with Crippen molar-refractivity contribution in [3.8, 4) is 0 Å². The number of halogens is 2. The average Bonchev–Trinajstić information content (AvgIpc) is 3.34. The standard InChI is InChI=1S/C25H23F2N5O3/c26-22-8-7-19(13-23(22)27)25(34)28-10-9-20-15-32(31-29-20)21(14-24(33)30-35)12-16-5-6-17-3-1-2-4-18(17)11-16/h1-8,11,13,15,21,35H,9-10,12,14H2,(H,28,34)(H,30,33)/t21-/m1/s1. The Morgan fingerprint density at radius 1 is 1.00 bits per heavy atom. The molecule has 0 spiro atoms. The molecule has 0 aliphatic rings. The van der Waals surface area contributed by atoms with E-state index in [2.05, 4.69) is 15.6 Å². The van der Waals surface area contributed by atoms with Crippen molar-refractivity contribution in [1.82, 2.24) is 25.8 Å². The van der Waals surface area contributed by atoms with Crippen molar-refractivity contribution >= 4 is 22.6 Å². The molecular weight excluding hydrogens is 456 g/mol. The molecule has 180 valence electrons. The number of carbonyl (C=O) groups is 2. The molecule has 0 bridgehead atoms. The number of hydrogen-bond donors (Lipinski definition) is 3. The van der Waals surface area contributed by atoms with Gasteiger partial charge in [0.25, 0.3) is 5.91 Å². The average molecular weight is 479 g/mol. The number of aromatic nitrogens is 3. The van der Waals surface area contributed by atoms with E-state index in [1.54, 1.807) is 16.4 Å². The quantitative estimate of drug-likeness (QED) is 0.252. The molecule has 0 aliphatic carbocycles. The molecule has 0 aliphatic heterocycles. The predicted octanol–water partition coefficient (Wildman–Crippen LogP) is 3.36. The van der Waals surface area contributed by atoms with Crippen LogP contribution in [0.1, 0.15) is 34.1 Å². The molecule has 8 nitrogen and oxygen atoms in total. The molecule has 1 heterocycles. The number of amides is 2. The van der Waals surface area contributed by atoms with Gasteiger partial charge in [0, 0.05) is 24.7 Å². The summed E-state index contributed by atoms with van der Waals surface area (Å²) in [6.07, 6.45) is 2.48. The van der Waals surface area contributed by atoms with Crippen molar-refractivity contribution < 1.29 is 23.6 Å². The minimum Gasteiger partial charge on any atom is -0.352 e. The summed E-state index contributed by atoms with van der Waals surface area (Å²) in [6.45, 7) is 0.197. The molecule has 4 aromatic rings. The SMILES string of the molecule is O=C(C[C@@H](Cc1ccc2ccccc2c1)n1cc(CCNC(=O)c2ccc(F)c(F)c2)nn1)NO. The highest BCUT2D eigenvalue weighted by atomic mass is 19.2. The fourth-order valence-electron chi connectivity index (χ4n) is 3.81. The van der Waals surface area contributed by atoms with Gasteiger partial charge in [-0.25, -0.2) is 18.9 Å². The number of fused-ring (bicyclic) bond motifs is 1. The van der Waals surface area contributed by atoms with Crippen molar-refractivity contribution in [2.45, 2.75) is 25.3 Å². The van der Waals surface area contributed by atoms with Crippen LogP contribution in [0.15, 0.2) is 66.9 Å². The molecule has 0 unspecified atom stereocenters. The molecule has 4 rings (SSSR count). The molecule has 0 saturated heterocycles. The molecule has 0 saturated carbocycles. The molecule has 1 aromatic heterocycles. The highest BCUT2D eigenvalue weighted by Crippen LogP contribution is 2.22. The van der Waals surface area contributed by atoms with Gasteiger partial charge in [0.05, 0.1) is 18.2 Å². The first-order valence-electron chi connectivity index (χ1n) is 11.0. The Balaban J connectivity index is 1.41. The number of rotatable bonds is 9. The van der Waals surface area contributed by atoms with E-state index in [1.165, 1.54) is 6.07 Å². The van der Waals surface area contributed by atoms with E-state index in [0.717, 1.165) is 28.5 Å². The van der Waals surface area contributed by atoms with Crippen LogP contribution in [0.4, 0.5) is 8.78 Å². The Bertz CT molecular complexity index is 1360. The summed E-state index contributed by atoms with van der Waals surface area (Å²) in [6, 6.07) is 16.5. The van der Waals surface area contributed by atoms with Crippen LogP contribution in [0.25, 0.3) is 10.8 Å². The highest BCUT2D eigenvalue weighted by molar-refractivity contribution is 5.94. The van der Waals surface area contributed by atoms with Crippen LogP contribution in [0.3, 0.4) is 0 Å². The van der Waals surface area contributed by atoms with Gasteiger partial charge in [-0.2, -0.15) is 0 Å². The zero-order chi connectivity index (χ0) is 24.8. The topological polar surface area (TPSA) is 109 Å². The minimum absolute atomic E-state index is 0.0121. The maximum Gasteiger partial charge on any atom is 0.251 e. The lowest BCUT2D eigenvalue weighted by Crippen LogP contribution is -2.26. The van der Waals surface area contributed by atoms with Crippen molar-refractivity contribution in [3.05, 3.63) is 95.3 Å². The van der Waals surface area contributed by atoms with Gasteiger partial charge in [-0.15, -0.1) is 5.10 Å². The largest absolute Gasteiger partial charge is 0.352 e. The zero-order valence-corrected chi connectivity index (χ0v) is 18.6. The van der Waals surface area contributed by atoms with Crippen LogP contribution >= 0.6 is 0 Å². The molecule has 3 aromatic carbocycles. The second-order valence-electron chi connectivity index (χ2n) is 8.10. The maximum atomic E-state index is 13.3. The predicted molar refractivity (Wildman–Crippen MR) is 124 cm³/mol. The minimum atomic E-state index is -1.09. The van der Waals surface area contributed by atoms with Crippen LogP contribution < -0.4 is 10.8 Å². The lowest BCUT2D eigenvalue weighted by molar-refractivity contribution is -0.130. The zero-order valence-electron chi connectivity index (χ0n) is 18.6. The van der Waals surface area contributed by atoms with Gasteiger partial charge in [0.1, 0.15) is 0 Å². The number of benzene rings is 3. The van der Waals surface area contributed by atoms with Gasteiger partial charge in [-0.1, -0.05) is 47.7 Å². The molecule has 2 amide bonds. The normalized spacial score (nSPS) is 11.9. The van der Waals surface area contributed by atoms with Crippen LogP contribution in [-0.2, 0) is 17.6 Å². The van der Waals surface area contributed by atoms with E-state index in [4.69, 9.17) is 5.21 Å². The summed E-state index contributed by atoms with van der Waals surface area (Å²) < 4.78 is 27.9. The van der Waals surface area contributed by atoms with Gasteiger partial charge < -0.3 is 5.32 Å². The fraction of sp³-hybridized carbons (Fsp3) is 0.200. The summed E-state index contributed by atoms with van der Waals surface area (Å²) in [5.41, 5.74) is 3.24. The van der Waals surface area contributed by atoms with Crippen molar-refractivity contribution in [2.75, 3.05) is 6.54 Å². The summed E-state index contributed by atoms with van der Waals surface area (Å²) >= 11 is 0. The van der Waals surface area contributed by atoms with Crippen molar-refractivity contribution in [3.63, 3.8) is 0 Å². The Kier molecular flexibility index (Phi) is 7.41. The second kappa shape index (κ2) is 10.8. The van der Waals surface area contributed by atoms with E-state index >= 15 is 0 Å². The molecular formula is C25H23F2N5O3. The Hall–Kier alpha value is -4.18. The van der Waals surface area contributed by atoms with Gasteiger partial charge in [0.2, 0.25) is 5.91 Å². The van der Waals surface area contributed by atoms with Gasteiger partial charge in [-0.3, -0.25) is 14.8 Å². The molecule has 3 N–H and O–H groups in total. The number of carbonyl (C=O) groups excluding carboxylic acids is 2. The fourth-order valence-corrected chi connectivity index (χ4v) is 3.81. The first kappa shape index (κ1) is 24.0. The molecule has 10 heteroatoms. The van der Waals surface area contributed by atoms with Gasteiger partial charge in [0.15, 0.2) is 11.6 Å². The Morgan fingerprint density at radius 3 is 2.57 bits per heavy atom. The Labute approximate surface area is 199 Å². The summed E-state index contributed by atoms with van der Waals surface area (Å²) in [5.74, 6) is -3.20. The molecule has 0 fully saturated rings.